The van der Waals surface area contributed by atoms with Crippen LogP contribution in [0, 0.1) is 0 Å². The Morgan fingerprint density at radius 3 is 2.12 bits per heavy atom. The summed E-state index contributed by atoms with van der Waals surface area (Å²) in [6.07, 6.45) is -21.8. The lowest BCUT2D eigenvalue weighted by atomic mass is 9.98. The molecule has 15 heteroatoms. The van der Waals surface area contributed by atoms with Gasteiger partial charge in [-0.2, -0.15) is 30.7 Å². The number of fused-ring (bicyclic) bond motifs is 1. The smallest absolute Gasteiger partial charge is 0.488 e. The molecule has 4 rings (SSSR count). The lowest BCUT2D eigenvalue weighted by Crippen LogP contribution is -2.46. The van der Waals surface area contributed by atoms with E-state index in [-0.39, 0.29) is 22.6 Å². The number of nitrogens with zero attached hydrogens (tertiary/aromatic N) is 1. The predicted octanol–water partition coefficient (Wildman–Crippen LogP) is 7.35. The topological polar surface area (TPSA) is 51.2 Å². The van der Waals surface area contributed by atoms with Crippen LogP contribution in [0.4, 0.5) is 49.6 Å². The van der Waals surface area contributed by atoms with E-state index in [0.717, 1.165) is 29.2 Å². The van der Waals surface area contributed by atoms with Gasteiger partial charge in [0.2, 0.25) is 0 Å². The van der Waals surface area contributed by atoms with Crippen LogP contribution in [0.1, 0.15) is 11.6 Å². The maximum absolute atomic E-state index is 13.5. The monoisotopic (exact) mass is 599 g/mol. The maximum atomic E-state index is 13.5. The molecule has 1 N–H and O–H groups in total. The first kappa shape index (κ1) is 30.1. The first-order chi connectivity index (χ1) is 19.0. The highest BCUT2D eigenvalue weighted by Crippen LogP contribution is 2.46. The predicted molar refractivity (Wildman–Crippen MR) is 124 cm³/mol. The highest BCUT2D eigenvalue weighted by Gasteiger charge is 2.45. The van der Waals surface area contributed by atoms with E-state index >= 15 is 0 Å². The molecule has 0 bridgehead atoms. The molecule has 1 aliphatic rings. The summed E-state index contributed by atoms with van der Waals surface area (Å²) < 4.78 is 144. The Hall–Kier alpha value is -3.88. The standard InChI is InChI=1S/C26H19F10NO4/c27-23(28)25(32,33)40-17-4-1-3-15(11-17)20-13-39-22-18(14-7-9-16(10-8-14)41-26(34,35)36)5-2-6-19(22)37(20)12-21(38)24(29,30)31/h1-11,20-21,23,38H,12-13H2/t20-,21?/m1/s1. The zero-order valence-corrected chi connectivity index (χ0v) is 20.4. The van der Waals surface area contributed by atoms with Gasteiger partial charge in [-0.25, -0.2) is 0 Å². The van der Waals surface area contributed by atoms with E-state index in [4.69, 9.17) is 4.74 Å². The number of alkyl halides is 10. The van der Waals surface area contributed by atoms with E-state index in [1.165, 1.54) is 42.5 Å². The molecular formula is C26H19F10NO4. The fourth-order valence-electron chi connectivity index (χ4n) is 4.16. The second-order valence-electron chi connectivity index (χ2n) is 8.80. The van der Waals surface area contributed by atoms with Gasteiger partial charge in [0, 0.05) is 5.56 Å². The normalized spacial score (nSPS) is 16.7. The van der Waals surface area contributed by atoms with Crippen molar-refractivity contribution in [2.45, 2.75) is 37.2 Å². The van der Waals surface area contributed by atoms with Crippen molar-refractivity contribution in [3.05, 3.63) is 72.3 Å². The lowest BCUT2D eigenvalue weighted by molar-refractivity contribution is -0.274. The molecule has 0 amide bonds. The molecule has 1 unspecified atom stereocenters. The van der Waals surface area contributed by atoms with Gasteiger partial charge in [-0.05, 0) is 41.5 Å². The fraction of sp³-hybridized carbons (Fsp3) is 0.308. The van der Waals surface area contributed by atoms with Crippen LogP contribution < -0.4 is 19.1 Å². The van der Waals surface area contributed by atoms with Crippen LogP contribution in [-0.4, -0.2) is 49.4 Å². The number of hydrogen-bond acceptors (Lipinski definition) is 5. The largest absolute Gasteiger partial charge is 0.573 e. The van der Waals surface area contributed by atoms with Crippen LogP contribution in [-0.2, 0) is 0 Å². The highest BCUT2D eigenvalue weighted by molar-refractivity contribution is 5.80. The molecule has 41 heavy (non-hydrogen) atoms. The Morgan fingerprint density at radius 1 is 0.854 bits per heavy atom. The molecule has 5 nitrogen and oxygen atoms in total. The SMILES string of the molecule is OC(CN1c2cccc(-c3ccc(OC(F)(F)F)cc3)c2OC[C@@H]1c1cccc(OC(F)(F)C(F)F)c1)C(F)(F)F. The number of benzene rings is 3. The zero-order valence-electron chi connectivity index (χ0n) is 20.4. The number of hydrogen-bond donors (Lipinski definition) is 1. The van der Waals surface area contributed by atoms with E-state index in [9.17, 15) is 49.0 Å². The van der Waals surface area contributed by atoms with E-state index in [2.05, 4.69) is 9.47 Å². The minimum absolute atomic E-state index is 0.0271. The first-order valence-electron chi connectivity index (χ1n) is 11.6. The van der Waals surface area contributed by atoms with Crippen LogP contribution in [0.3, 0.4) is 0 Å². The van der Waals surface area contributed by atoms with Crippen molar-refractivity contribution in [2.75, 3.05) is 18.1 Å². The molecule has 1 heterocycles. The average Bonchev–Trinajstić information content (AvgIpc) is 2.87. The second-order valence-corrected chi connectivity index (χ2v) is 8.80. The molecule has 3 aromatic rings. The van der Waals surface area contributed by atoms with Crippen LogP contribution in [0.15, 0.2) is 66.7 Å². The summed E-state index contributed by atoms with van der Waals surface area (Å²) in [5, 5.41) is 9.89. The quantitative estimate of drug-likeness (QED) is 0.275. The number of ether oxygens (including phenoxy) is 3. The van der Waals surface area contributed by atoms with Crippen molar-refractivity contribution < 1.29 is 63.2 Å². The highest BCUT2D eigenvalue weighted by atomic mass is 19.4. The molecule has 0 aromatic heterocycles. The Bertz CT molecular complexity index is 1350. The Morgan fingerprint density at radius 2 is 1.51 bits per heavy atom. The van der Waals surface area contributed by atoms with E-state index in [0.29, 0.717) is 5.56 Å². The molecule has 0 fully saturated rings. The van der Waals surface area contributed by atoms with Crippen molar-refractivity contribution in [1.82, 2.24) is 0 Å². The van der Waals surface area contributed by atoms with Gasteiger partial charge in [0.1, 0.15) is 18.1 Å². The Kier molecular flexibility index (Phi) is 8.21. The van der Waals surface area contributed by atoms with Crippen LogP contribution >= 0.6 is 0 Å². The van der Waals surface area contributed by atoms with Gasteiger partial charge in [-0.3, -0.25) is 0 Å². The molecular weight excluding hydrogens is 580 g/mol. The Labute approximate surface area is 225 Å². The summed E-state index contributed by atoms with van der Waals surface area (Å²) in [5.74, 6) is -1.18. The zero-order chi connectivity index (χ0) is 30.2. The molecule has 0 aliphatic carbocycles. The average molecular weight is 599 g/mol. The minimum Gasteiger partial charge on any atom is -0.488 e. The van der Waals surface area contributed by atoms with Crippen molar-refractivity contribution in [2.24, 2.45) is 0 Å². The van der Waals surface area contributed by atoms with Crippen molar-refractivity contribution in [3.8, 4) is 28.4 Å². The molecule has 0 saturated carbocycles. The molecule has 0 saturated heterocycles. The summed E-state index contributed by atoms with van der Waals surface area (Å²) in [4.78, 5) is 1.10. The molecule has 0 spiro atoms. The van der Waals surface area contributed by atoms with Crippen molar-refractivity contribution in [3.63, 3.8) is 0 Å². The lowest BCUT2D eigenvalue weighted by Gasteiger charge is -2.41. The number of para-hydroxylation sites is 1. The summed E-state index contributed by atoms with van der Waals surface area (Å²) >= 11 is 0. The first-order valence-corrected chi connectivity index (χ1v) is 11.6. The molecule has 2 atom stereocenters. The van der Waals surface area contributed by atoms with Crippen molar-refractivity contribution in [1.29, 1.82) is 0 Å². The van der Waals surface area contributed by atoms with Gasteiger partial charge in [0.25, 0.3) is 0 Å². The molecule has 0 radical (unpaired) electrons. The van der Waals surface area contributed by atoms with Crippen LogP contribution in [0.25, 0.3) is 11.1 Å². The summed E-state index contributed by atoms with van der Waals surface area (Å²) in [6.45, 7) is -1.43. The van der Waals surface area contributed by atoms with E-state index < -0.39 is 61.9 Å². The molecule has 222 valence electrons. The third-order valence-electron chi connectivity index (χ3n) is 5.96. The maximum Gasteiger partial charge on any atom is 0.573 e. The summed E-state index contributed by atoms with van der Waals surface area (Å²) in [5.41, 5.74) is 0.670. The van der Waals surface area contributed by atoms with Gasteiger partial charge in [-0.15, -0.1) is 13.2 Å². The summed E-state index contributed by atoms with van der Waals surface area (Å²) in [6, 6.07) is 12.1. The van der Waals surface area contributed by atoms with Crippen molar-refractivity contribution >= 4 is 5.69 Å². The van der Waals surface area contributed by atoms with Gasteiger partial charge in [0.15, 0.2) is 11.9 Å². The third kappa shape index (κ3) is 7.07. The van der Waals surface area contributed by atoms with Crippen LogP contribution in [0.2, 0.25) is 0 Å². The minimum atomic E-state index is -5.04. The number of β-amino-alcohol motifs (C(OH)–C–C–N with tert-alkyl or cyclic N) is 1. The molecule has 1 aliphatic heterocycles. The number of anilines is 1. The summed E-state index contributed by atoms with van der Waals surface area (Å²) in [7, 11) is 0. The second kappa shape index (κ2) is 11.2. The number of rotatable bonds is 8. The van der Waals surface area contributed by atoms with Gasteiger partial charge in [0.05, 0.1) is 18.3 Å². The van der Waals surface area contributed by atoms with Gasteiger partial charge in [-0.1, -0.05) is 36.4 Å². The molecule has 3 aromatic carbocycles. The number of aliphatic hydroxyl groups is 1. The van der Waals surface area contributed by atoms with E-state index in [1.807, 2.05) is 0 Å². The van der Waals surface area contributed by atoms with Crippen LogP contribution in [0.5, 0.6) is 17.2 Å². The number of halogens is 10. The third-order valence-corrected chi connectivity index (χ3v) is 5.96. The van der Waals surface area contributed by atoms with Gasteiger partial charge < -0.3 is 24.2 Å². The Balaban J connectivity index is 1.72. The number of aliphatic hydroxyl groups excluding tert-OH is 1. The fourth-order valence-corrected chi connectivity index (χ4v) is 4.16. The van der Waals surface area contributed by atoms with Gasteiger partial charge >= 0.3 is 25.1 Å². The van der Waals surface area contributed by atoms with E-state index in [1.54, 1.807) is 0 Å².